The van der Waals surface area contributed by atoms with Crippen molar-refractivity contribution >= 4 is 17.6 Å². The number of rotatable bonds is 7. The maximum atomic E-state index is 4.46. The van der Waals surface area contributed by atoms with Crippen molar-refractivity contribution in [2.75, 3.05) is 17.6 Å². The average molecular weight is 239 g/mol. The van der Waals surface area contributed by atoms with Crippen LogP contribution in [0.25, 0.3) is 0 Å². The zero-order chi connectivity index (χ0) is 11.8. The quantitative estimate of drug-likeness (QED) is 0.793. The van der Waals surface area contributed by atoms with Crippen LogP contribution in [0.5, 0.6) is 0 Å². The maximum absolute atomic E-state index is 4.46. The topological polar surface area (TPSA) is 37.8 Å². The third-order valence-corrected chi connectivity index (χ3v) is 3.31. The fourth-order valence-electron chi connectivity index (χ4n) is 1.21. The van der Waals surface area contributed by atoms with Gasteiger partial charge in [-0.3, -0.25) is 0 Å². The Morgan fingerprint density at radius 3 is 2.94 bits per heavy atom. The van der Waals surface area contributed by atoms with E-state index in [0.29, 0.717) is 0 Å². The van der Waals surface area contributed by atoms with Crippen molar-refractivity contribution in [3.8, 4) is 0 Å². The van der Waals surface area contributed by atoms with Crippen LogP contribution in [0.1, 0.15) is 33.0 Å². The second-order valence-corrected chi connectivity index (χ2v) is 5.22. The highest BCUT2D eigenvalue weighted by molar-refractivity contribution is 7.98. The number of aromatic nitrogens is 2. The molecule has 0 amide bonds. The summed E-state index contributed by atoms with van der Waals surface area (Å²) in [7, 11) is 0. The molecule has 4 heteroatoms. The Bertz CT molecular complexity index is 302. The molecule has 16 heavy (non-hydrogen) atoms. The molecule has 0 bridgehead atoms. The van der Waals surface area contributed by atoms with E-state index in [9.17, 15) is 0 Å². The summed E-state index contributed by atoms with van der Waals surface area (Å²) < 4.78 is 0. The second-order valence-electron chi connectivity index (χ2n) is 4.19. The van der Waals surface area contributed by atoms with E-state index in [-0.39, 0.29) is 0 Å². The largest absolute Gasteiger partial charge is 0.370 e. The molecule has 0 aliphatic rings. The van der Waals surface area contributed by atoms with Gasteiger partial charge in [0.05, 0.1) is 5.75 Å². The Kier molecular flexibility index (Phi) is 6.23. The molecular weight excluding hydrogens is 218 g/mol. The van der Waals surface area contributed by atoms with Crippen molar-refractivity contribution in [2.45, 2.75) is 32.9 Å². The molecule has 0 saturated heterocycles. The summed E-state index contributed by atoms with van der Waals surface area (Å²) in [6, 6.07) is 1.92. The second kappa shape index (κ2) is 7.49. The Morgan fingerprint density at radius 1 is 1.44 bits per heavy atom. The first-order chi connectivity index (χ1) is 7.72. The van der Waals surface area contributed by atoms with E-state index in [1.165, 1.54) is 0 Å². The Labute approximate surface area is 102 Å². The molecule has 90 valence electrons. The van der Waals surface area contributed by atoms with Crippen LogP contribution in [-0.2, 0) is 5.75 Å². The van der Waals surface area contributed by atoms with Crippen LogP contribution in [-0.4, -0.2) is 22.3 Å². The van der Waals surface area contributed by atoms with Gasteiger partial charge in [0.15, 0.2) is 0 Å². The molecule has 0 saturated carbocycles. The molecule has 1 aromatic heterocycles. The SMILES string of the molecule is CCCNc1ccnc(CSCC(C)C)n1. The first-order valence-corrected chi connectivity index (χ1v) is 7.01. The summed E-state index contributed by atoms with van der Waals surface area (Å²) >= 11 is 1.89. The molecular formula is C12H21N3S. The normalized spacial score (nSPS) is 10.8. The van der Waals surface area contributed by atoms with E-state index in [1.54, 1.807) is 0 Å². The van der Waals surface area contributed by atoms with Crippen LogP contribution in [0.3, 0.4) is 0 Å². The molecule has 1 aromatic rings. The molecule has 0 fully saturated rings. The summed E-state index contributed by atoms with van der Waals surface area (Å²) in [6.45, 7) is 7.57. The Balaban J connectivity index is 2.40. The van der Waals surface area contributed by atoms with E-state index in [0.717, 1.165) is 42.0 Å². The summed E-state index contributed by atoms with van der Waals surface area (Å²) in [6.07, 6.45) is 2.94. The zero-order valence-corrected chi connectivity index (χ0v) is 11.2. The number of hydrogen-bond acceptors (Lipinski definition) is 4. The lowest BCUT2D eigenvalue weighted by Crippen LogP contribution is -2.04. The van der Waals surface area contributed by atoms with Crippen LogP contribution in [0.4, 0.5) is 5.82 Å². The van der Waals surface area contributed by atoms with Crippen molar-refractivity contribution in [2.24, 2.45) is 5.92 Å². The number of hydrogen-bond donors (Lipinski definition) is 1. The lowest BCUT2D eigenvalue weighted by atomic mass is 10.3. The van der Waals surface area contributed by atoms with Gasteiger partial charge in [-0.1, -0.05) is 20.8 Å². The average Bonchev–Trinajstić information content (AvgIpc) is 2.26. The van der Waals surface area contributed by atoms with Crippen LogP contribution in [0.2, 0.25) is 0 Å². The standard InChI is InChI=1S/C12H21N3S/c1-4-6-13-11-5-7-14-12(15-11)9-16-8-10(2)3/h5,7,10H,4,6,8-9H2,1-3H3,(H,13,14,15). The number of nitrogens with one attached hydrogen (secondary N) is 1. The van der Waals surface area contributed by atoms with Crippen molar-refractivity contribution in [3.05, 3.63) is 18.1 Å². The summed E-state index contributed by atoms with van der Waals surface area (Å²) in [5.74, 6) is 4.66. The van der Waals surface area contributed by atoms with E-state index in [1.807, 2.05) is 24.0 Å². The van der Waals surface area contributed by atoms with Gasteiger partial charge in [-0.25, -0.2) is 9.97 Å². The van der Waals surface area contributed by atoms with Gasteiger partial charge in [0.1, 0.15) is 11.6 Å². The Hall–Kier alpha value is -0.770. The molecule has 0 atom stereocenters. The minimum absolute atomic E-state index is 0.728. The predicted octanol–water partition coefficient (Wildman–Crippen LogP) is 3.19. The highest BCUT2D eigenvalue weighted by atomic mass is 32.2. The van der Waals surface area contributed by atoms with Gasteiger partial charge in [-0.05, 0) is 24.2 Å². The lowest BCUT2D eigenvalue weighted by molar-refractivity contribution is 0.749. The monoisotopic (exact) mass is 239 g/mol. The molecule has 0 spiro atoms. The molecule has 0 aliphatic carbocycles. The van der Waals surface area contributed by atoms with Gasteiger partial charge >= 0.3 is 0 Å². The number of anilines is 1. The molecule has 1 N–H and O–H groups in total. The summed E-state index contributed by atoms with van der Waals surface area (Å²) in [4.78, 5) is 8.74. The third kappa shape index (κ3) is 5.35. The maximum Gasteiger partial charge on any atom is 0.140 e. The minimum atomic E-state index is 0.728. The Morgan fingerprint density at radius 2 is 2.25 bits per heavy atom. The fourth-order valence-corrected chi connectivity index (χ4v) is 2.12. The third-order valence-electron chi connectivity index (χ3n) is 1.94. The molecule has 0 aliphatic heterocycles. The van der Waals surface area contributed by atoms with E-state index >= 15 is 0 Å². The van der Waals surface area contributed by atoms with Gasteiger partial charge in [0, 0.05) is 12.7 Å². The van der Waals surface area contributed by atoms with Crippen LogP contribution in [0, 0.1) is 5.92 Å². The van der Waals surface area contributed by atoms with Crippen molar-refractivity contribution in [1.82, 2.24) is 9.97 Å². The molecule has 1 heterocycles. The van der Waals surface area contributed by atoms with E-state index in [4.69, 9.17) is 0 Å². The van der Waals surface area contributed by atoms with E-state index in [2.05, 4.69) is 36.1 Å². The van der Waals surface area contributed by atoms with Gasteiger partial charge < -0.3 is 5.32 Å². The summed E-state index contributed by atoms with van der Waals surface area (Å²) in [5.41, 5.74) is 0. The van der Waals surface area contributed by atoms with Crippen LogP contribution < -0.4 is 5.32 Å². The van der Waals surface area contributed by atoms with Gasteiger partial charge in [-0.15, -0.1) is 0 Å². The smallest absolute Gasteiger partial charge is 0.140 e. The highest BCUT2D eigenvalue weighted by Crippen LogP contribution is 2.13. The van der Waals surface area contributed by atoms with Crippen LogP contribution in [0.15, 0.2) is 12.3 Å². The van der Waals surface area contributed by atoms with Crippen molar-refractivity contribution < 1.29 is 0 Å². The van der Waals surface area contributed by atoms with Crippen LogP contribution >= 0.6 is 11.8 Å². The number of thioether (sulfide) groups is 1. The number of nitrogens with zero attached hydrogens (tertiary/aromatic N) is 2. The fraction of sp³-hybridized carbons (Fsp3) is 0.667. The molecule has 1 rings (SSSR count). The predicted molar refractivity (Wildman–Crippen MR) is 71.8 cm³/mol. The van der Waals surface area contributed by atoms with Gasteiger partial charge in [-0.2, -0.15) is 11.8 Å². The highest BCUT2D eigenvalue weighted by Gasteiger charge is 2.00. The zero-order valence-electron chi connectivity index (χ0n) is 10.4. The summed E-state index contributed by atoms with van der Waals surface area (Å²) in [5, 5.41) is 3.27. The van der Waals surface area contributed by atoms with Gasteiger partial charge in [0.25, 0.3) is 0 Å². The first-order valence-electron chi connectivity index (χ1n) is 5.86. The lowest BCUT2D eigenvalue weighted by Gasteiger charge is -2.06. The first kappa shape index (κ1) is 13.3. The molecule has 0 radical (unpaired) electrons. The van der Waals surface area contributed by atoms with Crippen molar-refractivity contribution in [3.63, 3.8) is 0 Å². The molecule has 3 nitrogen and oxygen atoms in total. The van der Waals surface area contributed by atoms with Crippen molar-refractivity contribution in [1.29, 1.82) is 0 Å². The molecule has 0 unspecified atom stereocenters. The molecule has 0 aromatic carbocycles. The van der Waals surface area contributed by atoms with E-state index < -0.39 is 0 Å². The minimum Gasteiger partial charge on any atom is -0.370 e. The van der Waals surface area contributed by atoms with Gasteiger partial charge in [0.2, 0.25) is 0 Å².